The van der Waals surface area contributed by atoms with E-state index in [-0.39, 0.29) is 5.91 Å². The van der Waals surface area contributed by atoms with Gasteiger partial charge in [-0.3, -0.25) is 4.79 Å². The van der Waals surface area contributed by atoms with E-state index in [1.807, 2.05) is 37.3 Å². The van der Waals surface area contributed by atoms with Crippen molar-refractivity contribution in [1.29, 1.82) is 0 Å². The Morgan fingerprint density at radius 2 is 1.71 bits per heavy atom. The minimum atomic E-state index is -0.492. The van der Waals surface area contributed by atoms with Crippen LogP contribution in [0.1, 0.15) is 22.8 Å². The second kappa shape index (κ2) is 8.53. The lowest BCUT2D eigenvalue weighted by atomic mass is 10.2. The van der Waals surface area contributed by atoms with Crippen LogP contribution in [0.2, 0.25) is 0 Å². The molecule has 0 spiro atoms. The topological polar surface area (TPSA) is 67.4 Å². The van der Waals surface area contributed by atoms with Gasteiger partial charge < -0.3 is 15.4 Å². The van der Waals surface area contributed by atoms with Gasteiger partial charge in [-0.05, 0) is 24.6 Å². The lowest BCUT2D eigenvalue weighted by molar-refractivity contribution is -0.112. The number of amides is 1. The smallest absolute Gasteiger partial charge is 0.339 e. The second-order valence-corrected chi connectivity index (χ2v) is 5.19. The molecule has 0 bridgehead atoms. The molecule has 0 saturated heterocycles. The first-order valence-corrected chi connectivity index (χ1v) is 7.54. The average molecular weight is 324 g/mol. The summed E-state index contributed by atoms with van der Waals surface area (Å²) >= 11 is 0. The van der Waals surface area contributed by atoms with Crippen LogP contribution in [-0.4, -0.2) is 19.0 Å². The lowest BCUT2D eigenvalue weighted by Crippen LogP contribution is -2.16. The van der Waals surface area contributed by atoms with Crippen molar-refractivity contribution in [2.75, 3.05) is 12.4 Å². The van der Waals surface area contributed by atoms with Crippen LogP contribution in [0, 0.1) is 0 Å². The highest BCUT2D eigenvalue weighted by molar-refractivity contribution is 6.05. The van der Waals surface area contributed by atoms with Crippen LogP contribution in [0.5, 0.6) is 0 Å². The van der Waals surface area contributed by atoms with Gasteiger partial charge in [0.05, 0.1) is 18.4 Å². The van der Waals surface area contributed by atoms with Gasteiger partial charge in [-0.1, -0.05) is 42.5 Å². The summed E-state index contributed by atoms with van der Waals surface area (Å²) < 4.78 is 4.71. The lowest BCUT2D eigenvalue weighted by Gasteiger charge is -2.09. The fourth-order valence-electron chi connectivity index (χ4n) is 2.13. The summed E-state index contributed by atoms with van der Waals surface area (Å²) in [6, 6.07) is 16.6. The van der Waals surface area contributed by atoms with Crippen LogP contribution in [-0.2, 0) is 16.1 Å². The Labute approximate surface area is 141 Å². The van der Waals surface area contributed by atoms with Crippen molar-refractivity contribution in [3.8, 4) is 0 Å². The maximum Gasteiger partial charge on any atom is 0.339 e. The number of para-hydroxylation sites is 1. The molecular formula is C19H20N2O3. The molecule has 0 aliphatic rings. The number of rotatable bonds is 6. The van der Waals surface area contributed by atoms with E-state index in [1.165, 1.54) is 13.2 Å². The van der Waals surface area contributed by atoms with Crippen LogP contribution in [0.15, 0.2) is 66.4 Å². The molecule has 0 saturated carbocycles. The van der Waals surface area contributed by atoms with Crippen LogP contribution < -0.4 is 10.6 Å². The Morgan fingerprint density at radius 1 is 1.04 bits per heavy atom. The van der Waals surface area contributed by atoms with Crippen LogP contribution in [0.4, 0.5) is 5.69 Å². The van der Waals surface area contributed by atoms with E-state index in [1.54, 1.807) is 24.3 Å². The molecule has 24 heavy (non-hydrogen) atoms. The Hall–Kier alpha value is -3.08. The average Bonchev–Trinajstić information content (AvgIpc) is 2.60. The van der Waals surface area contributed by atoms with Gasteiger partial charge in [0, 0.05) is 18.3 Å². The van der Waals surface area contributed by atoms with E-state index in [9.17, 15) is 9.59 Å². The van der Waals surface area contributed by atoms with E-state index >= 15 is 0 Å². The molecule has 0 aromatic heterocycles. The molecule has 2 N–H and O–H groups in total. The predicted molar refractivity (Wildman–Crippen MR) is 93.4 cm³/mol. The summed E-state index contributed by atoms with van der Waals surface area (Å²) in [5, 5.41) is 5.87. The largest absolute Gasteiger partial charge is 0.465 e. The van der Waals surface area contributed by atoms with Crippen molar-refractivity contribution < 1.29 is 14.3 Å². The molecule has 0 aliphatic heterocycles. The van der Waals surface area contributed by atoms with Crippen LogP contribution >= 0.6 is 0 Å². The predicted octanol–water partition coefficient (Wildman–Crippen LogP) is 3.11. The monoisotopic (exact) mass is 324 g/mol. The summed E-state index contributed by atoms with van der Waals surface area (Å²) in [6.45, 7) is 2.45. The number of hydrogen-bond donors (Lipinski definition) is 2. The molecule has 0 aliphatic carbocycles. The zero-order valence-electron chi connectivity index (χ0n) is 13.7. The third-order valence-electron chi connectivity index (χ3n) is 3.35. The summed E-state index contributed by atoms with van der Waals surface area (Å²) in [5.74, 6) is -0.807. The molecule has 5 heteroatoms. The molecule has 124 valence electrons. The van der Waals surface area contributed by atoms with Crippen molar-refractivity contribution in [2.24, 2.45) is 0 Å². The molecular weight excluding hydrogens is 304 g/mol. The van der Waals surface area contributed by atoms with E-state index in [4.69, 9.17) is 4.74 Å². The number of hydrogen-bond acceptors (Lipinski definition) is 4. The van der Waals surface area contributed by atoms with Gasteiger partial charge in [-0.25, -0.2) is 4.79 Å². The fraction of sp³-hybridized carbons (Fsp3) is 0.158. The number of anilines is 1. The molecule has 5 nitrogen and oxygen atoms in total. The Bertz CT molecular complexity index is 739. The van der Waals surface area contributed by atoms with Crippen molar-refractivity contribution >= 4 is 17.6 Å². The van der Waals surface area contributed by atoms with Gasteiger partial charge in [-0.15, -0.1) is 0 Å². The molecule has 2 aromatic rings. The maximum absolute atomic E-state index is 12.1. The van der Waals surface area contributed by atoms with E-state index in [0.717, 1.165) is 11.3 Å². The highest BCUT2D eigenvalue weighted by atomic mass is 16.5. The third kappa shape index (κ3) is 4.98. The number of ether oxygens (including phenoxy) is 1. The number of benzene rings is 2. The minimum absolute atomic E-state index is 0.315. The van der Waals surface area contributed by atoms with Crippen molar-refractivity contribution in [3.63, 3.8) is 0 Å². The standard InChI is InChI=1S/C19H20N2O3/c1-14(20-13-15-8-4-3-5-9-15)12-18(22)21-17-11-7-6-10-16(17)19(23)24-2/h3-12,20H,13H2,1-2H3,(H,21,22)/b14-12+. The fourth-order valence-corrected chi connectivity index (χ4v) is 2.13. The zero-order valence-corrected chi connectivity index (χ0v) is 13.7. The summed E-state index contributed by atoms with van der Waals surface area (Å²) in [6.07, 6.45) is 1.46. The van der Waals surface area contributed by atoms with E-state index in [0.29, 0.717) is 17.8 Å². The maximum atomic E-state index is 12.1. The quantitative estimate of drug-likeness (QED) is 0.633. The molecule has 0 atom stereocenters. The number of esters is 1. The summed E-state index contributed by atoms with van der Waals surface area (Å²) in [7, 11) is 1.30. The highest BCUT2D eigenvalue weighted by Gasteiger charge is 2.12. The van der Waals surface area contributed by atoms with E-state index in [2.05, 4.69) is 10.6 Å². The Kier molecular flexibility index (Phi) is 6.14. The first-order valence-electron chi connectivity index (χ1n) is 7.54. The van der Waals surface area contributed by atoms with Crippen LogP contribution in [0.25, 0.3) is 0 Å². The summed E-state index contributed by atoms with van der Waals surface area (Å²) in [4.78, 5) is 23.8. The first kappa shape index (κ1) is 17.3. The third-order valence-corrected chi connectivity index (χ3v) is 3.35. The Balaban J connectivity index is 1.98. The van der Waals surface area contributed by atoms with Crippen molar-refractivity contribution in [1.82, 2.24) is 5.32 Å². The number of carbonyl (C=O) groups excluding carboxylic acids is 2. The van der Waals surface area contributed by atoms with Crippen molar-refractivity contribution in [3.05, 3.63) is 77.5 Å². The minimum Gasteiger partial charge on any atom is -0.465 e. The number of carbonyl (C=O) groups is 2. The first-order chi connectivity index (χ1) is 11.6. The van der Waals surface area contributed by atoms with Gasteiger partial charge in [0.1, 0.15) is 0 Å². The molecule has 0 heterocycles. The van der Waals surface area contributed by atoms with Crippen molar-refractivity contribution in [2.45, 2.75) is 13.5 Å². The number of allylic oxidation sites excluding steroid dienone is 1. The molecule has 0 radical (unpaired) electrons. The number of nitrogens with one attached hydrogen (secondary N) is 2. The van der Waals surface area contributed by atoms with Crippen LogP contribution in [0.3, 0.4) is 0 Å². The second-order valence-electron chi connectivity index (χ2n) is 5.19. The molecule has 0 fully saturated rings. The molecule has 2 rings (SSSR count). The SMILES string of the molecule is COC(=O)c1ccccc1NC(=O)/C=C(\C)NCc1ccccc1. The Morgan fingerprint density at radius 3 is 2.42 bits per heavy atom. The molecule has 2 aromatic carbocycles. The zero-order chi connectivity index (χ0) is 17.4. The van der Waals surface area contributed by atoms with Gasteiger partial charge in [0.2, 0.25) is 5.91 Å². The van der Waals surface area contributed by atoms with Gasteiger partial charge in [-0.2, -0.15) is 0 Å². The van der Waals surface area contributed by atoms with Gasteiger partial charge >= 0.3 is 5.97 Å². The van der Waals surface area contributed by atoms with E-state index < -0.39 is 5.97 Å². The summed E-state index contributed by atoms with van der Waals surface area (Å²) in [5.41, 5.74) is 2.59. The van der Waals surface area contributed by atoms with Gasteiger partial charge in [0.15, 0.2) is 0 Å². The van der Waals surface area contributed by atoms with Gasteiger partial charge in [0.25, 0.3) is 0 Å². The number of methoxy groups -OCH3 is 1. The molecule has 1 amide bonds. The molecule has 0 unspecified atom stereocenters. The normalized spacial score (nSPS) is 10.8. The highest BCUT2D eigenvalue weighted by Crippen LogP contribution is 2.16.